The normalized spacial score (nSPS) is 13.6. The summed E-state index contributed by atoms with van der Waals surface area (Å²) >= 11 is 2.24. The summed E-state index contributed by atoms with van der Waals surface area (Å²) in [5.41, 5.74) is 2.41. The Labute approximate surface area is 188 Å². The number of hydrogen-bond donors (Lipinski definition) is 2. The van der Waals surface area contributed by atoms with Crippen LogP contribution in [0.15, 0.2) is 48.0 Å². The van der Waals surface area contributed by atoms with Crippen molar-refractivity contribution < 1.29 is 19.1 Å². The molecule has 2 aromatic carbocycles. The molecule has 1 aliphatic heterocycles. The van der Waals surface area contributed by atoms with Gasteiger partial charge in [-0.3, -0.25) is 20.2 Å². The number of rotatable bonds is 7. The van der Waals surface area contributed by atoms with Crippen LogP contribution < -0.4 is 20.3 Å². The summed E-state index contributed by atoms with van der Waals surface area (Å²) in [5, 5.41) is 4.17. The van der Waals surface area contributed by atoms with E-state index in [1.165, 1.54) is 6.08 Å². The Morgan fingerprint density at radius 1 is 0.967 bits per heavy atom. The SMILES string of the molecule is CCN(CC)c1ccc(C=C2C(=O)NC(=O)NC2=O)c(OCc2ccc(I)cc2)c1. The molecule has 2 aromatic rings. The minimum atomic E-state index is -0.825. The molecule has 1 saturated heterocycles. The first kappa shape index (κ1) is 21.8. The summed E-state index contributed by atoms with van der Waals surface area (Å²) in [6.07, 6.45) is 1.44. The number of hydrogen-bond acceptors (Lipinski definition) is 5. The highest BCUT2D eigenvalue weighted by Gasteiger charge is 2.28. The van der Waals surface area contributed by atoms with Crippen molar-refractivity contribution in [1.29, 1.82) is 0 Å². The fraction of sp³-hybridized carbons (Fsp3) is 0.227. The van der Waals surface area contributed by atoms with Crippen LogP contribution in [0.25, 0.3) is 6.08 Å². The van der Waals surface area contributed by atoms with E-state index in [1.807, 2.05) is 36.4 Å². The van der Waals surface area contributed by atoms with Crippen molar-refractivity contribution in [3.63, 3.8) is 0 Å². The van der Waals surface area contributed by atoms with E-state index in [0.717, 1.165) is 27.9 Å². The number of halogens is 1. The van der Waals surface area contributed by atoms with E-state index in [9.17, 15) is 14.4 Å². The van der Waals surface area contributed by atoms with Gasteiger partial charge in [0.15, 0.2) is 0 Å². The number of nitrogens with zero attached hydrogens (tertiary/aromatic N) is 1. The Bertz CT molecular complexity index is 976. The number of barbiturate groups is 1. The Kier molecular flexibility index (Phi) is 7.09. The number of imide groups is 2. The van der Waals surface area contributed by atoms with Gasteiger partial charge in [-0.2, -0.15) is 0 Å². The maximum atomic E-state index is 12.1. The fourth-order valence-electron chi connectivity index (χ4n) is 3.06. The molecule has 2 N–H and O–H groups in total. The van der Waals surface area contributed by atoms with E-state index in [0.29, 0.717) is 17.9 Å². The zero-order valence-corrected chi connectivity index (χ0v) is 18.9. The number of ether oxygens (including phenoxy) is 1. The molecule has 0 spiro atoms. The van der Waals surface area contributed by atoms with Gasteiger partial charge in [-0.25, -0.2) is 4.79 Å². The third kappa shape index (κ3) is 5.18. The molecule has 0 radical (unpaired) electrons. The summed E-state index contributed by atoms with van der Waals surface area (Å²) in [6, 6.07) is 12.8. The molecule has 8 heteroatoms. The van der Waals surface area contributed by atoms with E-state index >= 15 is 0 Å². The summed E-state index contributed by atoms with van der Waals surface area (Å²) in [5.74, 6) is -0.928. The van der Waals surface area contributed by atoms with Gasteiger partial charge in [0.25, 0.3) is 11.8 Å². The number of nitrogens with one attached hydrogen (secondary N) is 2. The number of urea groups is 1. The lowest BCUT2D eigenvalue weighted by atomic mass is 10.1. The van der Waals surface area contributed by atoms with E-state index in [1.54, 1.807) is 6.07 Å². The first-order chi connectivity index (χ1) is 14.4. The molecule has 4 amide bonds. The van der Waals surface area contributed by atoms with Crippen LogP contribution >= 0.6 is 22.6 Å². The zero-order chi connectivity index (χ0) is 21.7. The first-order valence-corrected chi connectivity index (χ1v) is 10.6. The molecule has 0 unspecified atom stereocenters. The summed E-state index contributed by atoms with van der Waals surface area (Å²) < 4.78 is 7.21. The molecule has 0 aliphatic carbocycles. The van der Waals surface area contributed by atoms with Gasteiger partial charge in [-0.1, -0.05) is 12.1 Å². The van der Waals surface area contributed by atoms with Gasteiger partial charge in [-0.05, 0) is 72.3 Å². The van der Waals surface area contributed by atoms with E-state index < -0.39 is 17.8 Å². The van der Waals surface area contributed by atoms with Gasteiger partial charge in [0.1, 0.15) is 17.9 Å². The number of anilines is 1. The smallest absolute Gasteiger partial charge is 0.328 e. The second-order valence-electron chi connectivity index (χ2n) is 6.60. The largest absolute Gasteiger partial charge is 0.488 e. The molecule has 3 rings (SSSR count). The third-order valence-corrected chi connectivity index (χ3v) is 5.40. The predicted octanol–water partition coefficient (Wildman–Crippen LogP) is 3.47. The van der Waals surface area contributed by atoms with Gasteiger partial charge in [-0.15, -0.1) is 0 Å². The average Bonchev–Trinajstić information content (AvgIpc) is 2.72. The Hall–Kier alpha value is -2.88. The number of benzene rings is 2. The molecule has 0 atom stereocenters. The topological polar surface area (TPSA) is 87.7 Å². The second kappa shape index (κ2) is 9.75. The molecule has 0 saturated carbocycles. The number of amides is 4. The zero-order valence-electron chi connectivity index (χ0n) is 16.7. The number of carbonyl (C=O) groups excluding carboxylic acids is 3. The lowest BCUT2D eigenvalue weighted by Crippen LogP contribution is -2.51. The molecule has 1 aliphatic rings. The maximum Gasteiger partial charge on any atom is 0.328 e. The van der Waals surface area contributed by atoms with Crippen molar-refractivity contribution in [3.8, 4) is 5.75 Å². The van der Waals surface area contributed by atoms with E-state index in [2.05, 4.69) is 52.0 Å². The Balaban J connectivity index is 1.95. The highest BCUT2D eigenvalue weighted by molar-refractivity contribution is 14.1. The predicted molar refractivity (Wildman–Crippen MR) is 123 cm³/mol. The monoisotopic (exact) mass is 519 g/mol. The van der Waals surface area contributed by atoms with Crippen LogP contribution in [0.3, 0.4) is 0 Å². The van der Waals surface area contributed by atoms with Crippen LogP contribution in [0.4, 0.5) is 10.5 Å². The lowest BCUT2D eigenvalue weighted by Gasteiger charge is -2.22. The van der Waals surface area contributed by atoms with Crippen molar-refractivity contribution in [1.82, 2.24) is 10.6 Å². The van der Waals surface area contributed by atoms with Crippen molar-refractivity contribution in [2.45, 2.75) is 20.5 Å². The summed E-state index contributed by atoms with van der Waals surface area (Å²) in [6.45, 7) is 6.14. The van der Waals surface area contributed by atoms with Crippen LogP contribution in [0.1, 0.15) is 25.0 Å². The maximum absolute atomic E-state index is 12.1. The molecular weight excluding hydrogens is 497 g/mol. The van der Waals surface area contributed by atoms with Crippen LogP contribution in [0, 0.1) is 3.57 Å². The van der Waals surface area contributed by atoms with Gasteiger partial charge >= 0.3 is 6.03 Å². The molecule has 156 valence electrons. The lowest BCUT2D eigenvalue weighted by molar-refractivity contribution is -0.123. The molecule has 0 bridgehead atoms. The Morgan fingerprint density at radius 2 is 1.60 bits per heavy atom. The van der Waals surface area contributed by atoms with Gasteiger partial charge in [0.05, 0.1) is 0 Å². The van der Waals surface area contributed by atoms with Crippen molar-refractivity contribution in [2.24, 2.45) is 0 Å². The molecule has 0 aromatic heterocycles. The molecule has 30 heavy (non-hydrogen) atoms. The minimum absolute atomic E-state index is 0.149. The van der Waals surface area contributed by atoms with Gasteiger partial charge in [0.2, 0.25) is 0 Å². The first-order valence-electron chi connectivity index (χ1n) is 9.55. The molecule has 7 nitrogen and oxygen atoms in total. The van der Waals surface area contributed by atoms with Crippen molar-refractivity contribution in [3.05, 3.63) is 62.7 Å². The van der Waals surface area contributed by atoms with Crippen LogP contribution in [-0.4, -0.2) is 30.9 Å². The van der Waals surface area contributed by atoms with E-state index in [4.69, 9.17) is 4.74 Å². The third-order valence-electron chi connectivity index (χ3n) is 4.68. The quantitative estimate of drug-likeness (QED) is 0.333. The molecular formula is C22H22IN3O4. The van der Waals surface area contributed by atoms with Crippen LogP contribution in [0.5, 0.6) is 5.75 Å². The molecule has 1 heterocycles. The number of carbonyl (C=O) groups is 3. The van der Waals surface area contributed by atoms with Gasteiger partial charge in [0, 0.05) is 34.0 Å². The second-order valence-corrected chi connectivity index (χ2v) is 7.85. The average molecular weight is 519 g/mol. The van der Waals surface area contributed by atoms with Crippen LogP contribution in [-0.2, 0) is 16.2 Å². The Morgan fingerprint density at radius 3 is 2.20 bits per heavy atom. The molecule has 1 fully saturated rings. The highest BCUT2D eigenvalue weighted by atomic mass is 127. The van der Waals surface area contributed by atoms with Crippen molar-refractivity contribution >= 4 is 52.2 Å². The fourth-order valence-corrected chi connectivity index (χ4v) is 3.42. The van der Waals surface area contributed by atoms with Crippen LogP contribution in [0.2, 0.25) is 0 Å². The highest BCUT2D eigenvalue weighted by Crippen LogP contribution is 2.29. The summed E-state index contributed by atoms with van der Waals surface area (Å²) in [7, 11) is 0. The van der Waals surface area contributed by atoms with Crippen molar-refractivity contribution in [2.75, 3.05) is 18.0 Å². The standard InChI is InChI=1S/C22H22IN3O4/c1-3-26(4-2)17-10-7-15(11-18-20(27)24-22(29)25-21(18)28)19(12-17)30-13-14-5-8-16(23)9-6-14/h5-12H,3-4,13H2,1-2H3,(H2,24,25,27,28,29). The van der Waals surface area contributed by atoms with Gasteiger partial charge < -0.3 is 9.64 Å². The minimum Gasteiger partial charge on any atom is -0.488 e. The van der Waals surface area contributed by atoms with E-state index in [-0.39, 0.29) is 5.57 Å². The summed E-state index contributed by atoms with van der Waals surface area (Å²) in [4.78, 5) is 37.7.